The Kier molecular flexibility index (Phi) is 6.21. The first-order valence-electron chi connectivity index (χ1n) is 6.36. The third-order valence-corrected chi connectivity index (χ3v) is 3.40. The Morgan fingerprint density at radius 3 is 2.67 bits per heavy atom. The number of anilines is 1. The van der Waals surface area contributed by atoms with Crippen LogP contribution in [-0.4, -0.2) is 13.1 Å². The quantitative estimate of drug-likeness (QED) is 0.734. The van der Waals surface area contributed by atoms with Crippen molar-refractivity contribution in [1.82, 2.24) is 0 Å². The summed E-state index contributed by atoms with van der Waals surface area (Å²) in [5, 5.41) is 9.63. The summed E-state index contributed by atoms with van der Waals surface area (Å²) >= 11 is 3.55. The summed E-state index contributed by atoms with van der Waals surface area (Å²) in [6, 6.07) is 8.76. The van der Waals surface area contributed by atoms with Crippen LogP contribution in [0.5, 0.6) is 0 Å². The largest absolute Gasteiger partial charge is 0.370 e. The molecule has 0 aromatic heterocycles. The van der Waals surface area contributed by atoms with Gasteiger partial charge in [0, 0.05) is 24.1 Å². The first-order valence-corrected chi connectivity index (χ1v) is 7.48. The lowest BCUT2D eigenvalue weighted by atomic mass is 10.1. The SMILES string of the molecule is Cc1ccc(N(CCC#N)CC(C)C)c(CBr)c1. The minimum absolute atomic E-state index is 0.572. The van der Waals surface area contributed by atoms with Crippen LogP contribution in [0.25, 0.3) is 0 Å². The molecule has 2 nitrogen and oxygen atoms in total. The fraction of sp³-hybridized carbons (Fsp3) is 0.533. The second-order valence-electron chi connectivity index (χ2n) is 5.01. The molecule has 0 aliphatic carbocycles. The van der Waals surface area contributed by atoms with Crippen molar-refractivity contribution in [2.75, 3.05) is 18.0 Å². The standard InChI is InChI=1S/C15H21BrN2/c1-12(2)11-18(8-4-7-17)15-6-5-13(3)9-14(15)10-16/h5-6,9,12H,4,8,10-11H2,1-3H3. The number of rotatable bonds is 6. The molecule has 1 rings (SSSR count). The van der Waals surface area contributed by atoms with Gasteiger partial charge in [0.25, 0.3) is 0 Å². The number of aryl methyl sites for hydroxylation is 1. The number of nitrogens with zero attached hydrogens (tertiary/aromatic N) is 2. The van der Waals surface area contributed by atoms with Crippen molar-refractivity contribution in [1.29, 1.82) is 5.26 Å². The highest BCUT2D eigenvalue weighted by atomic mass is 79.9. The predicted octanol–water partition coefficient (Wildman–Crippen LogP) is 4.27. The number of nitriles is 1. The van der Waals surface area contributed by atoms with Crippen LogP contribution in [-0.2, 0) is 5.33 Å². The van der Waals surface area contributed by atoms with Gasteiger partial charge in [-0.3, -0.25) is 0 Å². The topological polar surface area (TPSA) is 27.0 Å². The van der Waals surface area contributed by atoms with Gasteiger partial charge in [-0.15, -0.1) is 0 Å². The molecule has 0 aliphatic heterocycles. The Balaban J connectivity index is 2.99. The van der Waals surface area contributed by atoms with E-state index < -0.39 is 0 Å². The molecule has 0 N–H and O–H groups in total. The normalized spacial score (nSPS) is 10.4. The number of alkyl halides is 1. The van der Waals surface area contributed by atoms with Gasteiger partial charge in [-0.1, -0.05) is 47.5 Å². The fourth-order valence-corrected chi connectivity index (χ4v) is 2.51. The molecule has 0 fully saturated rings. The second-order valence-corrected chi connectivity index (χ2v) is 5.57. The van der Waals surface area contributed by atoms with Gasteiger partial charge in [-0.2, -0.15) is 5.26 Å². The molecular formula is C15H21BrN2. The van der Waals surface area contributed by atoms with Gasteiger partial charge < -0.3 is 4.90 Å². The van der Waals surface area contributed by atoms with Crippen molar-refractivity contribution in [3.63, 3.8) is 0 Å². The summed E-state index contributed by atoms with van der Waals surface area (Å²) in [4.78, 5) is 2.32. The summed E-state index contributed by atoms with van der Waals surface area (Å²) < 4.78 is 0. The zero-order valence-electron chi connectivity index (χ0n) is 11.4. The minimum atomic E-state index is 0.572. The van der Waals surface area contributed by atoms with E-state index in [1.165, 1.54) is 16.8 Å². The molecule has 0 saturated heterocycles. The van der Waals surface area contributed by atoms with Gasteiger partial charge >= 0.3 is 0 Å². The summed E-state index contributed by atoms with van der Waals surface area (Å²) in [6.07, 6.45) is 0.572. The highest BCUT2D eigenvalue weighted by molar-refractivity contribution is 9.08. The fourth-order valence-electron chi connectivity index (χ4n) is 2.07. The van der Waals surface area contributed by atoms with E-state index in [-0.39, 0.29) is 0 Å². The molecule has 0 amide bonds. The molecule has 3 heteroatoms. The third kappa shape index (κ3) is 4.34. The molecule has 0 spiro atoms. The van der Waals surface area contributed by atoms with E-state index in [1.807, 2.05) is 0 Å². The van der Waals surface area contributed by atoms with E-state index in [0.29, 0.717) is 12.3 Å². The minimum Gasteiger partial charge on any atom is -0.370 e. The highest BCUT2D eigenvalue weighted by Crippen LogP contribution is 2.25. The monoisotopic (exact) mass is 308 g/mol. The Morgan fingerprint density at radius 1 is 1.39 bits per heavy atom. The van der Waals surface area contributed by atoms with Crippen LogP contribution in [0.4, 0.5) is 5.69 Å². The first kappa shape index (κ1) is 15.0. The Hall–Kier alpha value is -1.01. The van der Waals surface area contributed by atoms with Crippen molar-refractivity contribution in [2.45, 2.75) is 32.5 Å². The molecule has 98 valence electrons. The lowest BCUT2D eigenvalue weighted by Gasteiger charge is -2.28. The smallest absolute Gasteiger partial charge is 0.0640 e. The number of hydrogen-bond acceptors (Lipinski definition) is 2. The second kappa shape index (κ2) is 7.43. The van der Waals surface area contributed by atoms with Gasteiger partial charge in [-0.05, 0) is 24.5 Å². The molecule has 0 atom stereocenters. The van der Waals surface area contributed by atoms with Crippen LogP contribution in [0, 0.1) is 24.2 Å². The molecule has 18 heavy (non-hydrogen) atoms. The highest BCUT2D eigenvalue weighted by Gasteiger charge is 2.12. The average Bonchev–Trinajstić information content (AvgIpc) is 2.34. The number of hydrogen-bond donors (Lipinski definition) is 0. The van der Waals surface area contributed by atoms with E-state index >= 15 is 0 Å². The molecule has 0 aliphatic rings. The number of benzene rings is 1. The lowest BCUT2D eigenvalue weighted by Crippen LogP contribution is -2.29. The molecular weight excluding hydrogens is 288 g/mol. The van der Waals surface area contributed by atoms with Crippen LogP contribution in [0.1, 0.15) is 31.4 Å². The average molecular weight is 309 g/mol. The van der Waals surface area contributed by atoms with Crippen molar-refractivity contribution in [3.05, 3.63) is 29.3 Å². The zero-order chi connectivity index (χ0) is 13.5. The molecule has 1 aromatic carbocycles. The molecule has 0 heterocycles. The van der Waals surface area contributed by atoms with Gasteiger partial charge in [0.1, 0.15) is 0 Å². The van der Waals surface area contributed by atoms with Crippen LogP contribution in [0.3, 0.4) is 0 Å². The summed E-state index contributed by atoms with van der Waals surface area (Å²) in [5.41, 5.74) is 3.83. The summed E-state index contributed by atoms with van der Waals surface area (Å²) in [7, 11) is 0. The number of halogens is 1. The van der Waals surface area contributed by atoms with Crippen LogP contribution < -0.4 is 4.90 Å². The van der Waals surface area contributed by atoms with Gasteiger partial charge in [0.05, 0.1) is 12.5 Å². The van der Waals surface area contributed by atoms with E-state index in [4.69, 9.17) is 5.26 Å². The van der Waals surface area contributed by atoms with Crippen molar-refractivity contribution in [2.24, 2.45) is 5.92 Å². The van der Waals surface area contributed by atoms with Crippen LogP contribution in [0.15, 0.2) is 18.2 Å². The zero-order valence-corrected chi connectivity index (χ0v) is 13.0. The Bertz CT molecular complexity index is 421. The Morgan fingerprint density at radius 2 is 2.11 bits per heavy atom. The molecule has 1 aromatic rings. The van der Waals surface area contributed by atoms with Crippen molar-refractivity contribution in [3.8, 4) is 6.07 Å². The van der Waals surface area contributed by atoms with Gasteiger partial charge in [0.15, 0.2) is 0 Å². The van der Waals surface area contributed by atoms with Gasteiger partial charge in [0.2, 0.25) is 0 Å². The van der Waals surface area contributed by atoms with E-state index in [9.17, 15) is 0 Å². The van der Waals surface area contributed by atoms with Crippen LogP contribution >= 0.6 is 15.9 Å². The lowest BCUT2D eigenvalue weighted by molar-refractivity contribution is 0.611. The first-order chi connectivity index (χ1) is 8.58. The molecule has 0 radical (unpaired) electrons. The molecule has 0 bridgehead atoms. The predicted molar refractivity (Wildman–Crippen MR) is 81.1 cm³/mol. The van der Waals surface area contributed by atoms with E-state index in [0.717, 1.165) is 18.4 Å². The summed E-state index contributed by atoms with van der Waals surface area (Å²) in [5.74, 6) is 0.591. The van der Waals surface area contributed by atoms with Gasteiger partial charge in [-0.25, -0.2) is 0 Å². The Labute approximate surface area is 119 Å². The van der Waals surface area contributed by atoms with Crippen LogP contribution in [0.2, 0.25) is 0 Å². The molecule has 0 unspecified atom stereocenters. The maximum absolute atomic E-state index is 8.78. The van der Waals surface area contributed by atoms with E-state index in [1.54, 1.807) is 0 Å². The van der Waals surface area contributed by atoms with E-state index in [2.05, 4.69) is 65.9 Å². The molecule has 0 saturated carbocycles. The van der Waals surface area contributed by atoms with Crippen molar-refractivity contribution >= 4 is 21.6 Å². The summed E-state index contributed by atoms with van der Waals surface area (Å²) in [6.45, 7) is 8.32. The maximum Gasteiger partial charge on any atom is 0.0640 e. The maximum atomic E-state index is 8.78. The third-order valence-electron chi connectivity index (χ3n) is 2.80. The van der Waals surface area contributed by atoms with Crippen molar-refractivity contribution < 1.29 is 0 Å².